The van der Waals surface area contributed by atoms with Gasteiger partial charge in [0.25, 0.3) is 0 Å². The monoisotopic (exact) mass is 384 g/mol. The first-order chi connectivity index (χ1) is 12.9. The third kappa shape index (κ3) is 6.37. The molecule has 1 aromatic heterocycles. The molecule has 1 saturated carbocycles. The van der Waals surface area contributed by atoms with Crippen LogP contribution in [0, 0.1) is 11.8 Å². The largest absolute Gasteiger partial charge is 0.468 e. The Labute approximate surface area is 160 Å². The van der Waals surface area contributed by atoms with E-state index in [0.29, 0.717) is 0 Å². The van der Waals surface area contributed by atoms with Crippen LogP contribution in [-0.4, -0.2) is 42.3 Å². The molecule has 6 heteroatoms. The van der Waals surface area contributed by atoms with Crippen LogP contribution in [0.5, 0.6) is 5.88 Å². The minimum absolute atomic E-state index is 0.0757. The number of fused-ring (bicyclic) bond motifs is 1. The van der Waals surface area contributed by atoms with E-state index in [-0.39, 0.29) is 5.88 Å². The summed E-state index contributed by atoms with van der Waals surface area (Å²) in [6, 6.07) is 3.44. The van der Waals surface area contributed by atoms with Crippen LogP contribution in [0.2, 0.25) is 0 Å². The van der Waals surface area contributed by atoms with E-state index in [1.807, 2.05) is 6.07 Å². The number of alkyl halides is 3. The number of hydrogen-bond donors (Lipinski definition) is 0. The van der Waals surface area contributed by atoms with Crippen LogP contribution in [0.1, 0.15) is 56.7 Å². The predicted octanol–water partition coefficient (Wildman–Crippen LogP) is 5.03. The Balaban J connectivity index is 1.51. The quantitative estimate of drug-likeness (QED) is 0.666. The second-order valence-corrected chi connectivity index (χ2v) is 8.16. The minimum atomic E-state index is -4.33. The predicted molar refractivity (Wildman–Crippen MR) is 100.0 cm³/mol. The molecule has 0 N–H and O–H groups in total. The highest BCUT2D eigenvalue weighted by Crippen LogP contribution is 2.31. The molecule has 1 aliphatic carbocycles. The minimum Gasteiger partial charge on any atom is -0.468 e. The molecule has 2 aliphatic rings. The molecule has 1 aromatic rings. The van der Waals surface area contributed by atoms with Gasteiger partial charge in [0, 0.05) is 31.3 Å². The van der Waals surface area contributed by atoms with E-state index < -0.39 is 12.8 Å². The number of halogens is 3. The molecule has 0 aromatic carbocycles. The van der Waals surface area contributed by atoms with Gasteiger partial charge in [-0.1, -0.05) is 45.1 Å². The molecular formula is C21H31F3N2O. The maximum atomic E-state index is 12.3. The summed E-state index contributed by atoms with van der Waals surface area (Å²) in [7, 11) is 0. The van der Waals surface area contributed by atoms with Gasteiger partial charge in [-0.2, -0.15) is 13.2 Å². The topological polar surface area (TPSA) is 25.4 Å². The molecule has 0 saturated heterocycles. The lowest BCUT2D eigenvalue weighted by Gasteiger charge is -2.26. The molecule has 3 rings (SSSR count). The van der Waals surface area contributed by atoms with Crippen molar-refractivity contribution in [3.05, 3.63) is 23.4 Å². The molecule has 1 aliphatic heterocycles. The lowest BCUT2D eigenvalue weighted by Crippen LogP contribution is -2.29. The number of ether oxygens (including phenoxy) is 1. The third-order valence-electron chi connectivity index (χ3n) is 6.14. The van der Waals surface area contributed by atoms with Crippen LogP contribution in [0.3, 0.4) is 0 Å². The van der Waals surface area contributed by atoms with E-state index in [2.05, 4.69) is 16.8 Å². The highest BCUT2D eigenvalue weighted by molar-refractivity contribution is 5.27. The molecule has 1 fully saturated rings. The second kappa shape index (κ2) is 9.26. The number of pyridine rings is 1. The van der Waals surface area contributed by atoms with Crippen LogP contribution in [0.4, 0.5) is 13.2 Å². The van der Waals surface area contributed by atoms with Crippen molar-refractivity contribution in [1.82, 2.24) is 9.88 Å². The summed E-state index contributed by atoms with van der Waals surface area (Å²) in [6.45, 7) is 4.15. The van der Waals surface area contributed by atoms with E-state index in [9.17, 15) is 13.2 Å². The number of aromatic nitrogens is 1. The number of nitrogens with zero attached hydrogens (tertiary/aromatic N) is 2. The van der Waals surface area contributed by atoms with Gasteiger partial charge in [0.2, 0.25) is 5.88 Å². The van der Waals surface area contributed by atoms with E-state index >= 15 is 0 Å². The number of hydrogen-bond acceptors (Lipinski definition) is 3. The van der Waals surface area contributed by atoms with Gasteiger partial charge in [-0.3, -0.25) is 0 Å². The maximum Gasteiger partial charge on any atom is 0.422 e. The summed E-state index contributed by atoms with van der Waals surface area (Å²) in [5, 5.41) is 0. The van der Waals surface area contributed by atoms with Gasteiger partial charge in [-0.05, 0) is 36.8 Å². The van der Waals surface area contributed by atoms with Gasteiger partial charge >= 0.3 is 6.18 Å². The van der Waals surface area contributed by atoms with E-state index in [1.54, 1.807) is 6.07 Å². The molecular weight excluding hydrogens is 353 g/mol. The smallest absolute Gasteiger partial charge is 0.422 e. The Morgan fingerprint density at radius 3 is 2.70 bits per heavy atom. The van der Waals surface area contributed by atoms with Crippen molar-refractivity contribution in [3.8, 4) is 5.88 Å². The van der Waals surface area contributed by atoms with Crippen molar-refractivity contribution in [2.24, 2.45) is 11.8 Å². The normalized spacial score (nSPS) is 24.7. The average Bonchev–Trinajstić information content (AvgIpc) is 2.95. The van der Waals surface area contributed by atoms with Gasteiger partial charge in [-0.25, -0.2) is 4.98 Å². The van der Waals surface area contributed by atoms with Crippen molar-refractivity contribution in [3.63, 3.8) is 0 Å². The molecule has 3 nitrogen and oxygen atoms in total. The van der Waals surface area contributed by atoms with Gasteiger partial charge in [-0.15, -0.1) is 0 Å². The van der Waals surface area contributed by atoms with Crippen molar-refractivity contribution < 1.29 is 17.9 Å². The Morgan fingerprint density at radius 1 is 1.11 bits per heavy atom. The van der Waals surface area contributed by atoms with Gasteiger partial charge < -0.3 is 9.64 Å². The molecule has 1 unspecified atom stereocenters. The summed E-state index contributed by atoms with van der Waals surface area (Å²) in [5.74, 6) is 1.73. The van der Waals surface area contributed by atoms with Crippen LogP contribution in [0.15, 0.2) is 12.1 Å². The fraction of sp³-hybridized carbons (Fsp3) is 0.762. The Bertz CT molecular complexity index is 606. The standard InChI is InChI=1S/C21H31F3N2O/c1-16-5-3-2-4-6-17(16)9-12-26-13-10-18-7-8-20(25-19(18)11-14-26)27-15-21(22,23)24/h7-8,16-17H,2-6,9-15H2,1H3/t16?,17-/m1/s1. The van der Waals surface area contributed by atoms with Crippen molar-refractivity contribution in [2.75, 3.05) is 26.2 Å². The molecule has 0 bridgehead atoms. The lowest BCUT2D eigenvalue weighted by molar-refractivity contribution is -0.154. The molecule has 0 amide bonds. The van der Waals surface area contributed by atoms with E-state index in [4.69, 9.17) is 4.74 Å². The first-order valence-electron chi connectivity index (χ1n) is 10.3. The first kappa shape index (κ1) is 20.4. The van der Waals surface area contributed by atoms with Gasteiger partial charge in [0.1, 0.15) is 0 Å². The molecule has 2 heterocycles. The maximum absolute atomic E-state index is 12.3. The third-order valence-corrected chi connectivity index (χ3v) is 6.14. The molecule has 2 atom stereocenters. The zero-order valence-corrected chi connectivity index (χ0v) is 16.2. The van der Waals surface area contributed by atoms with Crippen molar-refractivity contribution >= 4 is 0 Å². The van der Waals surface area contributed by atoms with Crippen LogP contribution >= 0.6 is 0 Å². The number of rotatable bonds is 5. The fourth-order valence-corrected chi connectivity index (χ4v) is 4.42. The average molecular weight is 384 g/mol. The summed E-state index contributed by atoms with van der Waals surface area (Å²) >= 11 is 0. The Hall–Kier alpha value is -1.30. The lowest BCUT2D eigenvalue weighted by atomic mass is 9.87. The molecule has 0 radical (unpaired) electrons. The highest BCUT2D eigenvalue weighted by atomic mass is 19.4. The highest BCUT2D eigenvalue weighted by Gasteiger charge is 2.29. The zero-order valence-electron chi connectivity index (χ0n) is 16.2. The van der Waals surface area contributed by atoms with Crippen LogP contribution < -0.4 is 4.74 Å². The van der Waals surface area contributed by atoms with Gasteiger partial charge in [0.05, 0.1) is 0 Å². The van der Waals surface area contributed by atoms with Crippen LogP contribution in [-0.2, 0) is 12.8 Å². The summed E-state index contributed by atoms with van der Waals surface area (Å²) in [5.41, 5.74) is 2.03. The molecule has 0 spiro atoms. The molecule has 152 valence electrons. The fourth-order valence-electron chi connectivity index (χ4n) is 4.42. The second-order valence-electron chi connectivity index (χ2n) is 8.16. The zero-order chi connectivity index (χ0) is 19.3. The van der Waals surface area contributed by atoms with Crippen LogP contribution in [0.25, 0.3) is 0 Å². The van der Waals surface area contributed by atoms with E-state index in [1.165, 1.54) is 38.5 Å². The summed E-state index contributed by atoms with van der Waals surface area (Å²) < 4.78 is 41.8. The Kier molecular flexibility index (Phi) is 7.01. The SMILES string of the molecule is CC1CCCCC[C@@H]1CCN1CCc2ccc(OCC(F)(F)F)nc2CC1. The van der Waals surface area contributed by atoms with Gasteiger partial charge in [0.15, 0.2) is 6.61 Å². The summed E-state index contributed by atoms with van der Waals surface area (Å²) in [6.07, 6.45) is 5.44. The van der Waals surface area contributed by atoms with Crippen molar-refractivity contribution in [1.29, 1.82) is 0 Å². The Morgan fingerprint density at radius 2 is 1.89 bits per heavy atom. The summed E-state index contributed by atoms with van der Waals surface area (Å²) in [4.78, 5) is 6.83. The van der Waals surface area contributed by atoms with E-state index in [0.717, 1.165) is 55.6 Å². The first-order valence-corrected chi connectivity index (χ1v) is 10.3. The van der Waals surface area contributed by atoms with Crippen molar-refractivity contribution in [2.45, 2.75) is 64.5 Å². The molecule has 27 heavy (non-hydrogen) atoms.